The SMILES string of the molecule is CC1N=CC=CC(NC(=O)[C@H](C)NC(=O)COc2cccc3ccccc23)C1=O. The van der Waals surface area contributed by atoms with Crippen LogP contribution in [0.2, 0.25) is 0 Å². The number of amides is 2. The molecular weight excluding hydrogens is 370 g/mol. The highest BCUT2D eigenvalue weighted by atomic mass is 16.5. The first-order chi connectivity index (χ1) is 14.0. The number of ether oxygens (including phenoxy) is 1. The number of carbonyl (C=O) groups excluding carboxylic acids is 3. The van der Waals surface area contributed by atoms with E-state index >= 15 is 0 Å². The Balaban J connectivity index is 1.53. The number of fused-ring (bicyclic) bond motifs is 1. The molecule has 1 aliphatic heterocycles. The van der Waals surface area contributed by atoms with Crippen LogP contribution in [0.4, 0.5) is 0 Å². The Bertz CT molecular complexity index is 978. The number of aliphatic imine (C=N–C) groups is 1. The Morgan fingerprint density at radius 3 is 2.76 bits per heavy atom. The van der Waals surface area contributed by atoms with Gasteiger partial charge in [0.15, 0.2) is 12.4 Å². The normalized spacial score (nSPS) is 19.4. The number of Topliss-reactive ketones (excluding diaryl/α,β-unsaturated/α-hetero) is 1. The first kappa shape index (κ1) is 20.3. The van der Waals surface area contributed by atoms with Crippen molar-refractivity contribution in [2.75, 3.05) is 6.61 Å². The van der Waals surface area contributed by atoms with Crippen LogP contribution in [-0.4, -0.2) is 48.5 Å². The molecule has 0 saturated heterocycles. The number of carbonyl (C=O) groups is 3. The smallest absolute Gasteiger partial charge is 0.258 e. The summed E-state index contributed by atoms with van der Waals surface area (Å²) in [4.78, 5) is 40.8. The maximum Gasteiger partial charge on any atom is 0.258 e. The molecule has 2 aromatic carbocycles. The molecule has 3 rings (SSSR count). The molecule has 2 amide bonds. The topological polar surface area (TPSA) is 96.9 Å². The molecule has 0 fully saturated rings. The van der Waals surface area contributed by atoms with E-state index in [-0.39, 0.29) is 12.4 Å². The second kappa shape index (κ2) is 9.14. The summed E-state index contributed by atoms with van der Waals surface area (Å²) in [7, 11) is 0. The van der Waals surface area contributed by atoms with E-state index in [0.717, 1.165) is 10.8 Å². The van der Waals surface area contributed by atoms with Gasteiger partial charge in [0.05, 0.1) is 0 Å². The summed E-state index contributed by atoms with van der Waals surface area (Å²) >= 11 is 0. The molecule has 150 valence electrons. The molecule has 3 atom stereocenters. The standard InChI is InChI=1S/C22H23N3O4/c1-14-21(27)18(10-6-12-23-14)25-22(28)15(2)24-20(26)13-29-19-11-5-8-16-7-3-4-9-17(16)19/h3-12,14-15,18H,13H2,1-2H3,(H,24,26)(H,25,28)/t14?,15-,18?/m0/s1. The van der Waals surface area contributed by atoms with Crippen molar-refractivity contribution in [2.24, 2.45) is 4.99 Å². The molecule has 2 aromatic rings. The molecule has 2 N–H and O–H groups in total. The molecule has 0 saturated carbocycles. The lowest BCUT2D eigenvalue weighted by Crippen LogP contribution is -2.51. The minimum atomic E-state index is -0.820. The molecular formula is C22H23N3O4. The van der Waals surface area contributed by atoms with Crippen molar-refractivity contribution in [1.82, 2.24) is 10.6 Å². The molecule has 2 unspecified atom stereocenters. The van der Waals surface area contributed by atoms with Crippen molar-refractivity contribution >= 4 is 34.6 Å². The van der Waals surface area contributed by atoms with Gasteiger partial charge >= 0.3 is 0 Å². The first-order valence-electron chi connectivity index (χ1n) is 9.39. The summed E-state index contributed by atoms with van der Waals surface area (Å²) in [6.07, 6.45) is 4.73. The molecule has 1 heterocycles. The maximum absolute atomic E-state index is 12.4. The number of nitrogens with one attached hydrogen (secondary N) is 2. The van der Waals surface area contributed by atoms with Crippen LogP contribution in [0.25, 0.3) is 10.8 Å². The summed E-state index contributed by atoms with van der Waals surface area (Å²) in [6.45, 7) is 3.00. The molecule has 0 aliphatic carbocycles. The van der Waals surface area contributed by atoms with Gasteiger partial charge in [0, 0.05) is 11.6 Å². The molecule has 7 heteroatoms. The predicted molar refractivity (Wildman–Crippen MR) is 111 cm³/mol. The number of rotatable bonds is 6. The second-order valence-electron chi connectivity index (χ2n) is 6.80. The van der Waals surface area contributed by atoms with Crippen molar-refractivity contribution in [3.8, 4) is 5.75 Å². The molecule has 1 aliphatic rings. The van der Waals surface area contributed by atoms with Crippen LogP contribution in [-0.2, 0) is 14.4 Å². The lowest BCUT2D eigenvalue weighted by Gasteiger charge is -2.19. The van der Waals surface area contributed by atoms with Gasteiger partial charge in [-0.15, -0.1) is 0 Å². The molecule has 0 spiro atoms. The van der Waals surface area contributed by atoms with Crippen LogP contribution in [0.5, 0.6) is 5.75 Å². The molecule has 29 heavy (non-hydrogen) atoms. The van der Waals surface area contributed by atoms with E-state index < -0.39 is 29.9 Å². The van der Waals surface area contributed by atoms with E-state index in [1.165, 1.54) is 6.21 Å². The summed E-state index contributed by atoms with van der Waals surface area (Å²) < 4.78 is 5.63. The molecule has 0 bridgehead atoms. The van der Waals surface area contributed by atoms with Gasteiger partial charge in [-0.3, -0.25) is 19.4 Å². The van der Waals surface area contributed by atoms with Crippen LogP contribution in [0.1, 0.15) is 13.8 Å². The van der Waals surface area contributed by atoms with E-state index in [2.05, 4.69) is 15.6 Å². The number of allylic oxidation sites excluding steroid dienone is 1. The van der Waals surface area contributed by atoms with Gasteiger partial charge in [-0.25, -0.2) is 0 Å². The average molecular weight is 393 g/mol. The van der Waals surface area contributed by atoms with Gasteiger partial charge < -0.3 is 15.4 Å². The fraction of sp³-hybridized carbons (Fsp3) is 0.273. The monoisotopic (exact) mass is 393 g/mol. The first-order valence-corrected chi connectivity index (χ1v) is 9.39. The van der Waals surface area contributed by atoms with Crippen molar-refractivity contribution in [3.05, 3.63) is 54.6 Å². The van der Waals surface area contributed by atoms with Crippen molar-refractivity contribution < 1.29 is 19.1 Å². The average Bonchev–Trinajstić information content (AvgIpc) is 2.87. The largest absolute Gasteiger partial charge is 0.483 e. The van der Waals surface area contributed by atoms with Gasteiger partial charge in [-0.05, 0) is 31.4 Å². The minimum Gasteiger partial charge on any atom is -0.483 e. The number of ketones is 1. The van der Waals surface area contributed by atoms with E-state index in [1.54, 1.807) is 32.1 Å². The summed E-state index contributed by atoms with van der Waals surface area (Å²) in [6, 6.07) is 11.2. The fourth-order valence-electron chi connectivity index (χ4n) is 2.98. The maximum atomic E-state index is 12.4. The number of hydrogen-bond donors (Lipinski definition) is 2. The quantitative estimate of drug-likeness (QED) is 0.782. The minimum absolute atomic E-state index is 0.207. The van der Waals surface area contributed by atoms with E-state index in [1.807, 2.05) is 36.4 Å². The van der Waals surface area contributed by atoms with Crippen molar-refractivity contribution in [1.29, 1.82) is 0 Å². The van der Waals surface area contributed by atoms with E-state index in [0.29, 0.717) is 5.75 Å². The highest BCUT2D eigenvalue weighted by molar-refractivity contribution is 5.98. The Hall–Kier alpha value is -3.48. The third-order valence-corrected chi connectivity index (χ3v) is 4.59. The number of benzene rings is 2. The van der Waals surface area contributed by atoms with Crippen molar-refractivity contribution in [2.45, 2.75) is 32.0 Å². The molecule has 0 radical (unpaired) electrons. The van der Waals surface area contributed by atoms with Crippen LogP contribution in [0, 0.1) is 0 Å². The lowest BCUT2D eigenvalue weighted by molar-refractivity contribution is -0.131. The number of hydrogen-bond acceptors (Lipinski definition) is 5. The zero-order chi connectivity index (χ0) is 20.8. The Kier molecular flexibility index (Phi) is 6.39. The summed E-state index contributed by atoms with van der Waals surface area (Å²) in [5.74, 6) is -0.500. The van der Waals surface area contributed by atoms with Gasteiger partial charge in [-0.1, -0.05) is 42.5 Å². The third kappa shape index (κ3) is 5.07. The summed E-state index contributed by atoms with van der Waals surface area (Å²) in [5.41, 5.74) is 0. The highest BCUT2D eigenvalue weighted by Crippen LogP contribution is 2.24. The van der Waals surface area contributed by atoms with Gasteiger partial charge in [0.2, 0.25) is 5.91 Å². The third-order valence-electron chi connectivity index (χ3n) is 4.59. The molecule has 0 aromatic heterocycles. The Morgan fingerprint density at radius 1 is 1.17 bits per heavy atom. The highest BCUT2D eigenvalue weighted by Gasteiger charge is 2.26. The Morgan fingerprint density at radius 2 is 1.93 bits per heavy atom. The van der Waals surface area contributed by atoms with E-state index in [9.17, 15) is 14.4 Å². The zero-order valence-electron chi connectivity index (χ0n) is 16.3. The van der Waals surface area contributed by atoms with Gasteiger partial charge in [-0.2, -0.15) is 0 Å². The van der Waals surface area contributed by atoms with Gasteiger partial charge in [0.25, 0.3) is 5.91 Å². The van der Waals surface area contributed by atoms with E-state index in [4.69, 9.17) is 4.74 Å². The van der Waals surface area contributed by atoms with Crippen LogP contribution in [0.15, 0.2) is 59.6 Å². The molecule has 7 nitrogen and oxygen atoms in total. The number of nitrogens with zero attached hydrogens (tertiary/aromatic N) is 1. The second-order valence-corrected chi connectivity index (χ2v) is 6.80. The lowest BCUT2D eigenvalue weighted by atomic mass is 10.1. The van der Waals surface area contributed by atoms with Crippen LogP contribution < -0.4 is 15.4 Å². The van der Waals surface area contributed by atoms with Crippen LogP contribution >= 0.6 is 0 Å². The zero-order valence-corrected chi connectivity index (χ0v) is 16.3. The van der Waals surface area contributed by atoms with Crippen LogP contribution in [0.3, 0.4) is 0 Å². The summed E-state index contributed by atoms with van der Waals surface area (Å²) in [5, 5.41) is 7.14. The Labute approximate surface area is 168 Å². The fourth-order valence-corrected chi connectivity index (χ4v) is 2.98. The van der Waals surface area contributed by atoms with Gasteiger partial charge in [0.1, 0.15) is 23.9 Å². The van der Waals surface area contributed by atoms with Crippen molar-refractivity contribution in [3.63, 3.8) is 0 Å². The predicted octanol–water partition coefficient (Wildman–Crippen LogP) is 1.81.